The van der Waals surface area contributed by atoms with Crippen molar-refractivity contribution in [3.63, 3.8) is 0 Å². The van der Waals surface area contributed by atoms with Crippen LogP contribution in [0.3, 0.4) is 0 Å². The number of rotatable bonds is 2. The number of carbonyl (C=O) groups is 1. The first-order valence-electron chi connectivity index (χ1n) is 3.54. The summed E-state index contributed by atoms with van der Waals surface area (Å²) < 4.78 is 4.53. The van der Waals surface area contributed by atoms with Gasteiger partial charge in [0.25, 0.3) is 0 Å². The molecule has 12 heavy (non-hydrogen) atoms. The van der Waals surface area contributed by atoms with Crippen molar-refractivity contribution in [3.05, 3.63) is 21.9 Å². The topological polar surface area (TPSA) is 52.3 Å². The summed E-state index contributed by atoms with van der Waals surface area (Å²) in [6.45, 7) is 1.93. The molecule has 0 unspecified atom stereocenters. The van der Waals surface area contributed by atoms with Gasteiger partial charge in [-0.1, -0.05) is 0 Å². The van der Waals surface area contributed by atoms with Gasteiger partial charge in [0, 0.05) is 4.88 Å². The number of nitrogens with two attached hydrogens (primary N) is 1. The summed E-state index contributed by atoms with van der Waals surface area (Å²) >= 11 is 1.48. The van der Waals surface area contributed by atoms with E-state index < -0.39 is 6.04 Å². The van der Waals surface area contributed by atoms with Crippen LogP contribution >= 0.6 is 11.3 Å². The lowest BCUT2D eigenvalue weighted by Crippen LogP contribution is -2.22. The molecule has 1 aromatic rings. The number of esters is 1. The van der Waals surface area contributed by atoms with Crippen LogP contribution in [0, 0.1) is 6.92 Å². The predicted molar refractivity (Wildman–Crippen MR) is 48.0 cm³/mol. The summed E-state index contributed by atoms with van der Waals surface area (Å²) in [6, 6.07) is 1.30. The zero-order valence-electron chi connectivity index (χ0n) is 7.03. The molecule has 2 N–H and O–H groups in total. The monoisotopic (exact) mass is 185 g/mol. The molecule has 0 saturated carbocycles. The van der Waals surface area contributed by atoms with Crippen molar-refractivity contribution in [2.24, 2.45) is 5.73 Å². The maximum atomic E-state index is 11.0. The summed E-state index contributed by atoms with van der Waals surface area (Å²) in [5.41, 5.74) is 6.67. The molecule has 0 aliphatic heterocycles. The fourth-order valence-corrected chi connectivity index (χ4v) is 1.85. The van der Waals surface area contributed by atoms with Gasteiger partial charge in [-0.3, -0.25) is 0 Å². The quantitative estimate of drug-likeness (QED) is 0.705. The molecule has 0 radical (unpaired) electrons. The number of carbonyl (C=O) groups excluding carboxylic acids is 1. The van der Waals surface area contributed by atoms with Crippen molar-refractivity contribution >= 4 is 17.3 Å². The summed E-state index contributed by atoms with van der Waals surface area (Å²) in [4.78, 5) is 11.9. The Morgan fingerprint density at radius 3 is 2.83 bits per heavy atom. The third-order valence-corrected chi connectivity index (χ3v) is 2.74. The van der Waals surface area contributed by atoms with E-state index in [1.165, 1.54) is 18.4 Å². The van der Waals surface area contributed by atoms with Gasteiger partial charge in [-0.2, -0.15) is 0 Å². The van der Waals surface area contributed by atoms with E-state index >= 15 is 0 Å². The maximum absolute atomic E-state index is 11.0. The Bertz CT molecular complexity index is 282. The minimum Gasteiger partial charge on any atom is -0.468 e. The van der Waals surface area contributed by atoms with Crippen LogP contribution in [0.5, 0.6) is 0 Å². The van der Waals surface area contributed by atoms with E-state index in [0.717, 1.165) is 10.4 Å². The largest absolute Gasteiger partial charge is 0.468 e. The molecule has 0 fully saturated rings. The molecule has 0 aliphatic rings. The van der Waals surface area contributed by atoms with E-state index in [2.05, 4.69) is 4.74 Å². The SMILES string of the molecule is COC(=O)[C@H](N)c1sccc1C. The minimum atomic E-state index is -0.630. The molecule has 0 spiro atoms. The average molecular weight is 185 g/mol. The molecule has 0 aliphatic carbocycles. The molecule has 0 aromatic carbocycles. The highest BCUT2D eigenvalue weighted by atomic mass is 32.1. The molecule has 0 saturated heterocycles. The van der Waals surface area contributed by atoms with Crippen LogP contribution in [0.25, 0.3) is 0 Å². The fraction of sp³-hybridized carbons (Fsp3) is 0.375. The van der Waals surface area contributed by atoms with Gasteiger partial charge < -0.3 is 10.5 Å². The zero-order chi connectivity index (χ0) is 9.14. The molecule has 4 heteroatoms. The summed E-state index contributed by atoms with van der Waals surface area (Å²) in [5, 5.41) is 1.91. The number of hydrogen-bond donors (Lipinski definition) is 1. The maximum Gasteiger partial charge on any atom is 0.328 e. The van der Waals surface area contributed by atoms with Gasteiger partial charge in [-0.05, 0) is 23.9 Å². The van der Waals surface area contributed by atoms with Crippen LogP contribution in [-0.2, 0) is 9.53 Å². The molecule has 1 rings (SSSR count). The fourth-order valence-electron chi connectivity index (χ4n) is 0.937. The lowest BCUT2D eigenvalue weighted by atomic mass is 10.2. The molecule has 1 atom stereocenters. The zero-order valence-corrected chi connectivity index (χ0v) is 7.85. The Morgan fingerprint density at radius 1 is 1.75 bits per heavy atom. The number of aryl methyl sites for hydroxylation is 1. The number of ether oxygens (including phenoxy) is 1. The van der Waals surface area contributed by atoms with Crippen LogP contribution in [0.2, 0.25) is 0 Å². The second-order valence-electron chi connectivity index (χ2n) is 2.47. The minimum absolute atomic E-state index is 0.388. The highest BCUT2D eigenvalue weighted by molar-refractivity contribution is 7.10. The second kappa shape index (κ2) is 3.69. The highest BCUT2D eigenvalue weighted by Gasteiger charge is 2.18. The van der Waals surface area contributed by atoms with Gasteiger partial charge in [-0.25, -0.2) is 4.79 Å². The van der Waals surface area contributed by atoms with E-state index in [1.54, 1.807) is 0 Å². The average Bonchev–Trinajstić information content (AvgIpc) is 2.48. The van der Waals surface area contributed by atoms with Crippen molar-refractivity contribution in [1.29, 1.82) is 0 Å². The lowest BCUT2D eigenvalue weighted by molar-refractivity contribution is -0.142. The van der Waals surface area contributed by atoms with E-state index in [4.69, 9.17) is 5.73 Å². The molecule has 3 nitrogen and oxygen atoms in total. The van der Waals surface area contributed by atoms with Crippen LogP contribution in [0.15, 0.2) is 11.4 Å². The van der Waals surface area contributed by atoms with E-state index in [1.807, 2.05) is 18.4 Å². The summed E-state index contributed by atoms with van der Waals surface area (Å²) in [6.07, 6.45) is 0. The van der Waals surface area contributed by atoms with Gasteiger partial charge in [0.2, 0.25) is 0 Å². The van der Waals surface area contributed by atoms with Gasteiger partial charge in [0.15, 0.2) is 0 Å². The highest BCUT2D eigenvalue weighted by Crippen LogP contribution is 2.22. The van der Waals surface area contributed by atoms with E-state index in [0.29, 0.717) is 0 Å². The first-order valence-corrected chi connectivity index (χ1v) is 4.42. The standard InChI is InChI=1S/C8H11NO2S/c1-5-3-4-12-7(5)6(9)8(10)11-2/h3-4,6H,9H2,1-2H3/t6-/m1/s1. The van der Waals surface area contributed by atoms with Gasteiger partial charge in [0.1, 0.15) is 6.04 Å². The molecular formula is C8H11NO2S. The molecule has 66 valence electrons. The molecular weight excluding hydrogens is 174 g/mol. The van der Waals surface area contributed by atoms with Gasteiger partial charge >= 0.3 is 5.97 Å². The Morgan fingerprint density at radius 2 is 2.42 bits per heavy atom. The smallest absolute Gasteiger partial charge is 0.328 e. The van der Waals surface area contributed by atoms with Crippen molar-refractivity contribution in [2.45, 2.75) is 13.0 Å². The third-order valence-electron chi connectivity index (χ3n) is 1.64. The van der Waals surface area contributed by atoms with Crippen molar-refractivity contribution in [2.75, 3.05) is 7.11 Å². The molecule has 0 bridgehead atoms. The van der Waals surface area contributed by atoms with Gasteiger partial charge in [-0.15, -0.1) is 11.3 Å². The Labute approximate surface area is 75.1 Å². The molecule has 1 heterocycles. The van der Waals surface area contributed by atoms with Crippen LogP contribution in [0.1, 0.15) is 16.5 Å². The number of hydrogen-bond acceptors (Lipinski definition) is 4. The lowest BCUT2D eigenvalue weighted by Gasteiger charge is -2.07. The number of methoxy groups -OCH3 is 1. The van der Waals surface area contributed by atoms with Crippen molar-refractivity contribution < 1.29 is 9.53 Å². The number of thiophene rings is 1. The normalized spacial score (nSPS) is 12.6. The summed E-state index contributed by atoms with van der Waals surface area (Å²) in [5.74, 6) is -0.388. The van der Waals surface area contributed by atoms with Gasteiger partial charge in [0.05, 0.1) is 7.11 Å². The Kier molecular flexibility index (Phi) is 2.83. The van der Waals surface area contributed by atoms with E-state index in [9.17, 15) is 4.79 Å². The van der Waals surface area contributed by atoms with Crippen LogP contribution < -0.4 is 5.73 Å². The van der Waals surface area contributed by atoms with E-state index in [-0.39, 0.29) is 5.97 Å². The van der Waals surface area contributed by atoms with Crippen LogP contribution in [0.4, 0.5) is 0 Å². The first kappa shape index (κ1) is 9.22. The predicted octanol–water partition coefficient (Wildman–Crippen LogP) is 1.23. The van der Waals surface area contributed by atoms with Crippen molar-refractivity contribution in [3.8, 4) is 0 Å². The molecule has 0 amide bonds. The Balaban J connectivity index is 2.84. The second-order valence-corrected chi connectivity index (χ2v) is 3.42. The van der Waals surface area contributed by atoms with Crippen molar-refractivity contribution in [1.82, 2.24) is 0 Å². The molecule has 1 aromatic heterocycles. The third kappa shape index (κ3) is 1.65. The Hall–Kier alpha value is -0.870. The first-order chi connectivity index (χ1) is 5.66. The van der Waals surface area contributed by atoms with Crippen LogP contribution in [-0.4, -0.2) is 13.1 Å². The summed E-state index contributed by atoms with van der Waals surface area (Å²) in [7, 11) is 1.34.